The second-order valence-corrected chi connectivity index (χ2v) is 10.1. The average molecular weight is 431 g/mol. The second kappa shape index (κ2) is 10.7. The maximum absolute atomic E-state index is 12.5. The number of amides is 1. The third-order valence-electron chi connectivity index (χ3n) is 3.21. The first kappa shape index (κ1) is 27.8. The molecule has 0 heterocycles. The highest BCUT2D eigenvalue weighted by Crippen LogP contribution is 2.14. The number of rotatable bonds is 8. The molecule has 2 unspecified atom stereocenters. The van der Waals surface area contributed by atoms with Gasteiger partial charge in [-0.2, -0.15) is 0 Å². The summed E-state index contributed by atoms with van der Waals surface area (Å²) < 4.78 is 15.7. The summed E-state index contributed by atoms with van der Waals surface area (Å²) in [5.41, 5.74) is 3.63. The highest BCUT2D eigenvalue weighted by Gasteiger charge is 2.30. The van der Waals surface area contributed by atoms with E-state index in [1.807, 2.05) is 0 Å². The topological polar surface area (TPSA) is 134 Å². The molecule has 0 aromatic rings. The van der Waals surface area contributed by atoms with Crippen molar-refractivity contribution in [2.45, 2.75) is 110 Å². The molecule has 0 saturated heterocycles. The Balaban J connectivity index is 5.09. The first-order valence-electron chi connectivity index (χ1n) is 10.0. The van der Waals surface area contributed by atoms with Crippen molar-refractivity contribution < 1.29 is 33.4 Å². The summed E-state index contributed by atoms with van der Waals surface area (Å²) in [4.78, 5) is 48.8. The molecule has 3 N–H and O–H groups in total. The quantitative estimate of drug-likeness (QED) is 0.441. The fourth-order valence-corrected chi connectivity index (χ4v) is 2.21. The molecule has 174 valence electrons. The molecule has 0 aliphatic heterocycles. The van der Waals surface area contributed by atoms with Crippen LogP contribution in [0.5, 0.6) is 0 Å². The minimum absolute atomic E-state index is 0.0330. The number of hydrogen-bond acceptors (Lipinski definition) is 8. The number of esters is 3. The lowest BCUT2D eigenvalue weighted by atomic mass is 10.1. The van der Waals surface area contributed by atoms with Crippen molar-refractivity contribution in [1.29, 1.82) is 0 Å². The van der Waals surface area contributed by atoms with E-state index in [9.17, 15) is 19.2 Å². The van der Waals surface area contributed by atoms with Gasteiger partial charge in [0.05, 0.1) is 12.5 Å². The predicted octanol–water partition coefficient (Wildman–Crippen LogP) is 1.99. The van der Waals surface area contributed by atoms with Crippen LogP contribution in [0, 0.1) is 0 Å². The lowest BCUT2D eigenvalue weighted by Gasteiger charge is -2.26. The third-order valence-corrected chi connectivity index (χ3v) is 3.21. The zero-order valence-electron chi connectivity index (χ0n) is 19.7. The summed E-state index contributed by atoms with van der Waals surface area (Å²) in [7, 11) is 0. The summed E-state index contributed by atoms with van der Waals surface area (Å²) in [5.74, 6) is -2.57. The van der Waals surface area contributed by atoms with Crippen LogP contribution in [-0.4, -0.2) is 52.7 Å². The van der Waals surface area contributed by atoms with E-state index in [4.69, 9.17) is 19.9 Å². The van der Waals surface area contributed by atoms with Crippen LogP contribution in [0.4, 0.5) is 0 Å². The number of carbonyl (C=O) groups is 4. The van der Waals surface area contributed by atoms with Gasteiger partial charge in [-0.3, -0.25) is 14.4 Å². The molecule has 0 fully saturated rings. The first-order chi connectivity index (χ1) is 13.3. The molecular weight excluding hydrogens is 392 g/mol. The third kappa shape index (κ3) is 13.9. The summed E-state index contributed by atoms with van der Waals surface area (Å²) in [6.07, 6.45) is -0.492. The Morgan fingerprint density at radius 3 is 1.63 bits per heavy atom. The van der Waals surface area contributed by atoms with Crippen molar-refractivity contribution >= 4 is 23.8 Å². The molecule has 0 aliphatic carbocycles. The lowest BCUT2D eigenvalue weighted by molar-refractivity contribution is -0.160. The van der Waals surface area contributed by atoms with Gasteiger partial charge in [-0.05, 0) is 68.7 Å². The van der Waals surface area contributed by atoms with Crippen molar-refractivity contribution in [2.24, 2.45) is 5.73 Å². The smallest absolute Gasteiger partial charge is 0.329 e. The van der Waals surface area contributed by atoms with Gasteiger partial charge < -0.3 is 25.3 Å². The Kier molecular flexibility index (Phi) is 9.97. The minimum Gasteiger partial charge on any atom is -0.460 e. The zero-order valence-corrected chi connectivity index (χ0v) is 19.7. The molecule has 0 spiro atoms. The highest BCUT2D eigenvalue weighted by molar-refractivity contribution is 5.90. The van der Waals surface area contributed by atoms with Crippen LogP contribution < -0.4 is 11.1 Å². The van der Waals surface area contributed by atoms with Crippen LogP contribution in [0.25, 0.3) is 0 Å². The summed E-state index contributed by atoms with van der Waals surface area (Å²) in [6, 6.07) is -2.33. The van der Waals surface area contributed by atoms with Crippen LogP contribution >= 0.6 is 0 Å². The number of carbonyl (C=O) groups excluding carboxylic acids is 4. The molecule has 9 nitrogen and oxygen atoms in total. The SMILES string of the molecule is CC(C)(C)OC(=O)CCC(NC(=O)C(N)CC(=O)OC(C)(C)C)C(=O)OC(C)(C)C. The van der Waals surface area contributed by atoms with Crippen molar-refractivity contribution in [3.8, 4) is 0 Å². The standard InChI is InChI=1S/C21H38N2O7/c1-19(2,3)28-15(24)11-10-14(18(27)30-21(7,8)9)23-17(26)13(22)12-16(25)29-20(4,5)6/h13-14H,10-12,22H2,1-9H3,(H,23,26). The second-order valence-electron chi connectivity index (χ2n) is 10.1. The Bertz CT molecular complexity index is 625. The van der Waals surface area contributed by atoms with Crippen molar-refractivity contribution in [3.05, 3.63) is 0 Å². The molecule has 9 heteroatoms. The molecule has 0 bridgehead atoms. The molecule has 0 radical (unpaired) electrons. The van der Waals surface area contributed by atoms with Crippen molar-refractivity contribution in [3.63, 3.8) is 0 Å². The van der Waals surface area contributed by atoms with E-state index in [1.54, 1.807) is 62.3 Å². The van der Waals surface area contributed by atoms with E-state index < -0.39 is 52.7 Å². The summed E-state index contributed by atoms with van der Waals surface area (Å²) in [5, 5.41) is 2.47. The molecule has 1 amide bonds. The van der Waals surface area contributed by atoms with Gasteiger partial charge >= 0.3 is 17.9 Å². The predicted molar refractivity (Wildman–Crippen MR) is 111 cm³/mol. The Morgan fingerprint density at radius 2 is 1.20 bits per heavy atom. The number of ether oxygens (including phenoxy) is 3. The molecule has 0 rings (SSSR count). The minimum atomic E-state index is -1.22. The highest BCUT2D eigenvalue weighted by atomic mass is 16.6. The largest absolute Gasteiger partial charge is 0.460 e. The number of nitrogens with two attached hydrogens (primary N) is 1. The molecule has 0 aromatic heterocycles. The molecule has 0 aromatic carbocycles. The van der Waals surface area contributed by atoms with Crippen LogP contribution in [-0.2, 0) is 33.4 Å². The summed E-state index contributed by atoms with van der Waals surface area (Å²) >= 11 is 0. The molecule has 0 aliphatic rings. The van der Waals surface area contributed by atoms with Gasteiger partial charge in [0.1, 0.15) is 22.8 Å². The van der Waals surface area contributed by atoms with Gasteiger partial charge in [0.25, 0.3) is 0 Å². The van der Waals surface area contributed by atoms with Gasteiger partial charge in [-0.25, -0.2) is 4.79 Å². The first-order valence-corrected chi connectivity index (χ1v) is 10.0. The maximum atomic E-state index is 12.5. The van der Waals surface area contributed by atoms with E-state index in [0.717, 1.165) is 0 Å². The van der Waals surface area contributed by atoms with Gasteiger partial charge in [0, 0.05) is 6.42 Å². The normalized spacial score (nSPS) is 14.3. The summed E-state index contributed by atoms with van der Waals surface area (Å²) in [6.45, 7) is 15.3. The van der Waals surface area contributed by atoms with Crippen LogP contribution in [0.1, 0.15) is 81.6 Å². The maximum Gasteiger partial charge on any atom is 0.329 e. The van der Waals surface area contributed by atoms with E-state index in [0.29, 0.717) is 0 Å². The van der Waals surface area contributed by atoms with Gasteiger partial charge in [0.2, 0.25) is 5.91 Å². The van der Waals surface area contributed by atoms with Crippen molar-refractivity contribution in [1.82, 2.24) is 5.32 Å². The fraction of sp³-hybridized carbons (Fsp3) is 0.810. The average Bonchev–Trinajstić information content (AvgIpc) is 2.45. The van der Waals surface area contributed by atoms with E-state index in [-0.39, 0.29) is 19.3 Å². The molecular formula is C21H38N2O7. The zero-order chi connectivity index (χ0) is 23.9. The van der Waals surface area contributed by atoms with Gasteiger partial charge in [-0.1, -0.05) is 0 Å². The Hall–Kier alpha value is -2.16. The van der Waals surface area contributed by atoms with Crippen LogP contribution in [0.3, 0.4) is 0 Å². The van der Waals surface area contributed by atoms with Crippen LogP contribution in [0.15, 0.2) is 0 Å². The Morgan fingerprint density at radius 1 is 0.767 bits per heavy atom. The van der Waals surface area contributed by atoms with Gasteiger partial charge in [-0.15, -0.1) is 0 Å². The van der Waals surface area contributed by atoms with Crippen LogP contribution in [0.2, 0.25) is 0 Å². The lowest BCUT2D eigenvalue weighted by Crippen LogP contribution is -2.51. The number of nitrogens with one attached hydrogen (secondary N) is 1. The van der Waals surface area contributed by atoms with E-state index in [1.165, 1.54) is 0 Å². The molecule has 30 heavy (non-hydrogen) atoms. The van der Waals surface area contributed by atoms with Gasteiger partial charge in [0.15, 0.2) is 0 Å². The monoisotopic (exact) mass is 430 g/mol. The Labute approximate surface area is 179 Å². The van der Waals surface area contributed by atoms with E-state index >= 15 is 0 Å². The van der Waals surface area contributed by atoms with Crippen molar-refractivity contribution in [2.75, 3.05) is 0 Å². The number of hydrogen-bond donors (Lipinski definition) is 2. The van der Waals surface area contributed by atoms with E-state index in [2.05, 4.69) is 5.32 Å². The molecule has 0 saturated carbocycles. The molecule has 2 atom stereocenters. The fourth-order valence-electron chi connectivity index (χ4n) is 2.21.